The monoisotopic (exact) mass is 274 g/mol. The topological polar surface area (TPSA) is 84.4 Å². The number of aromatic nitrogens is 2. The normalized spacial score (nSPS) is 13.2. The molecule has 0 saturated carbocycles. The van der Waals surface area contributed by atoms with Gasteiger partial charge in [-0.2, -0.15) is 0 Å². The first-order chi connectivity index (χ1) is 9.74. The van der Waals surface area contributed by atoms with Crippen molar-refractivity contribution in [3.05, 3.63) is 30.2 Å². The zero-order valence-corrected chi connectivity index (χ0v) is 10.8. The molecule has 0 atom stereocenters. The van der Waals surface area contributed by atoms with Gasteiger partial charge in [0.15, 0.2) is 11.5 Å². The average Bonchev–Trinajstić information content (AvgIpc) is 2.93. The molecule has 104 valence electrons. The Hall–Kier alpha value is -2.50. The minimum atomic E-state index is -0.826. The van der Waals surface area contributed by atoms with Crippen LogP contribution < -0.4 is 9.47 Å². The maximum Gasteiger partial charge on any atom is 0.303 e. The number of aliphatic carboxylic acids is 1. The van der Waals surface area contributed by atoms with Gasteiger partial charge in [0.25, 0.3) is 0 Å². The third kappa shape index (κ3) is 2.45. The number of hydrogen-bond acceptors (Lipinski definition) is 4. The fraction of sp³-hybridized carbons (Fsp3) is 0.286. The highest BCUT2D eigenvalue weighted by Crippen LogP contribution is 2.34. The molecule has 1 aliphatic rings. The van der Waals surface area contributed by atoms with E-state index in [2.05, 4.69) is 9.97 Å². The molecule has 1 aromatic heterocycles. The third-order valence-corrected chi connectivity index (χ3v) is 3.12. The molecule has 0 spiro atoms. The summed E-state index contributed by atoms with van der Waals surface area (Å²) < 4.78 is 11.0. The Balaban J connectivity index is 1.89. The lowest BCUT2D eigenvalue weighted by Gasteiger charge is -2.18. The number of benzene rings is 1. The van der Waals surface area contributed by atoms with Gasteiger partial charge >= 0.3 is 5.97 Å². The Morgan fingerprint density at radius 1 is 1.30 bits per heavy atom. The van der Waals surface area contributed by atoms with Gasteiger partial charge in [-0.05, 0) is 18.2 Å². The maximum atomic E-state index is 10.7. The number of hydrogen-bond donors (Lipinski definition) is 2. The summed E-state index contributed by atoms with van der Waals surface area (Å²) in [6, 6.07) is 5.61. The van der Waals surface area contributed by atoms with Crippen LogP contribution in [-0.2, 0) is 11.2 Å². The van der Waals surface area contributed by atoms with Crippen molar-refractivity contribution in [1.82, 2.24) is 9.97 Å². The van der Waals surface area contributed by atoms with Crippen LogP contribution in [0.1, 0.15) is 12.1 Å². The van der Waals surface area contributed by atoms with Gasteiger partial charge < -0.3 is 19.6 Å². The number of nitrogens with one attached hydrogen (secondary N) is 1. The lowest BCUT2D eigenvalue weighted by atomic mass is 10.1. The maximum absolute atomic E-state index is 10.7. The van der Waals surface area contributed by atoms with E-state index in [4.69, 9.17) is 14.6 Å². The highest BCUT2D eigenvalue weighted by Gasteiger charge is 2.15. The van der Waals surface area contributed by atoms with Gasteiger partial charge in [-0.15, -0.1) is 0 Å². The van der Waals surface area contributed by atoms with E-state index in [1.54, 1.807) is 6.33 Å². The van der Waals surface area contributed by atoms with Crippen LogP contribution in [0, 0.1) is 0 Å². The van der Waals surface area contributed by atoms with Gasteiger partial charge in [-0.3, -0.25) is 4.79 Å². The average molecular weight is 274 g/mol. The van der Waals surface area contributed by atoms with E-state index >= 15 is 0 Å². The molecule has 6 nitrogen and oxygen atoms in total. The lowest BCUT2D eigenvalue weighted by molar-refractivity contribution is -0.136. The number of nitrogens with zero attached hydrogens (tertiary/aromatic N) is 1. The van der Waals surface area contributed by atoms with Gasteiger partial charge in [0.2, 0.25) is 0 Å². The SMILES string of the molecule is O=C(O)CCc1[nH]cnc1-c1ccc2c(c1)OCCO2. The van der Waals surface area contributed by atoms with Gasteiger partial charge in [0, 0.05) is 17.7 Å². The Morgan fingerprint density at radius 2 is 2.10 bits per heavy atom. The molecule has 0 unspecified atom stereocenters. The second-order valence-electron chi connectivity index (χ2n) is 4.48. The highest BCUT2D eigenvalue weighted by atomic mass is 16.6. The summed E-state index contributed by atoms with van der Waals surface area (Å²) in [5, 5.41) is 8.76. The zero-order chi connectivity index (χ0) is 13.9. The number of carboxylic acid groups (broad SMARTS) is 1. The molecule has 6 heteroatoms. The lowest BCUT2D eigenvalue weighted by Crippen LogP contribution is -2.15. The number of fused-ring (bicyclic) bond motifs is 1. The van der Waals surface area contributed by atoms with E-state index < -0.39 is 5.97 Å². The molecule has 0 radical (unpaired) electrons. The van der Waals surface area contributed by atoms with Crippen molar-refractivity contribution in [2.75, 3.05) is 13.2 Å². The van der Waals surface area contributed by atoms with E-state index in [1.807, 2.05) is 18.2 Å². The first-order valence-electron chi connectivity index (χ1n) is 6.38. The van der Waals surface area contributed by atoms with Crippen LogP contribution in [0.25, 0.3) is 11.3 Å². The summed E-state index contributed by atoms with van der Waals surface area (Å²) in [6.07, 6.45) is 2.06. The quantitative estimate of drug-likeness (QED) is 0.889. The van der Waals surface area contributed by atoms with Gasteiger partial charge in [-0.1, -0.05) is 0 Å². The predicted molar refractivity (Wildman–Crippen MR) is 71.0 cm³/mol. The second kappa shape index (κ2) is 5.24. The molecule has 2 N–H and O–H groups in total. The molecule has 20 heavy (non-hydrogen) atoms. The molecule has 3 rings (SSSR count). The van der Waals surface area contributed by atoms with E-state index in [-0.39, 0.29) is 6.42 Å². The fourth-order valence-corrected chi connectivity index (χ4v) is 2.18. The number of rotatable bonds is 4. The van der Waals surface area contributed by atoms with Crippen LogP contribution in [-0.4, -0.2) is 34.3 Å². The van der Waals surface area contributed by atoms with Gasteiger partial charge in [-0.25, -0.2) is 4.98 Å². The van der Waals surface area contributed by atoms with Crippen molar-refractivity contribution in [1.29, 1.82) is 0 Å². The first kappa shape index (κ1) is 12.5. The van der Waals surface area contributed by atoms with Crippen LogP contribution in [0.3, 0.4) is 0 Å². The number of ether oxygens (including phenoxy) is 2. The number of carbonyl (C=O) groups is 1. The number of imidazole rings is 1. The van der Waals surface area contributed by atoms with Crippen molar-refractivity contribution >= 4 is 5.97 Å². The summed E-state index contributed by atoms with van der Waals surface area (Å²) in [5.41, 5.74) is 2.45. The van der Waals surface area contributed by atoms with Crippen molar-refractivity contribution < 1.29 is 19.4 Å². The van der Waals surface area contributed by atoms with Gasteiger partial charge in [0.05, 0.1) is 18.4 Å². The number of H-pyrrole nitrogens is 1. The van der Waals surface area contributed by atoms with Gasteiger partial charge in [0.1, 0.15) is 13.2 Å². The summed E-state index contributed by atoms with van der Waals surface area (Å²) >= 11 is 0. The van der Waals surface area contributed by atoms with Crippen LogP contribution in [0.15, 0.2) is 24.5 Å². The Labute approximate surface area is 115 Å². The summed E-state index contributed by atoms with van der Waals surface area (Å²) in [7, 11) is 0. The number of aryl methyl sites for hydroxylation is 1. The van der Waals surface area contributed by atoms with Crippen molar-refractivity contribution in [2.45, 2.75) is 12.8 Å². The highest BCUT2D eigenvalue weighted by molar-refractivity contribution is 5.69. The molecular weight excluding hydrogens is 260 g/mol. The van der Waals surface area contributed by atoms with Crippen molar-refractivity contribution in [2.24, 2.45) is 0 Å². The Kier molecular flexibility index (Phi) is 3.28. The van der Waals surface area contributed by atoms with Crippen LogP contribution in [0.4, 0.5) is 0 Å². The molecule has 2 heterocycles. The second-order valence-corrected chi connectivity index (χ2v) is 4.48. The molecular formula is C14H14N2O4. The first-order valence-corrected chi connectivity index (χ1v) is 6.38. The Morgan fingerprint density at radius 3 is 2.90 bits per heavy atom. The van der Waals surface area contributed by atoms with Crippen LogP contribution >= 0.6 is 0 Å². The summed E-state index contributed by atoms with van der Waals surface area (Å²) in [5.74, 6) is 0.594. The standard InChI is InChI=1S/C14H14N2O4/c17-13(18)4-2-10-14(16-8-15-10)9-1-3-11-12(7-9)20-6-5-19-11/h1,3,7-8H,2,4-6H2,(H,15,16)(H,17,18). The molecule has 0 bridgehead atoms. The molecule has 0 fully saturated rings. The molecule has 0 aliphatic carbocycles. The predicted octanol–water partition coefficient (Wildman–Crippen LogP) is 1.87. The summed E-state index contributed by atoms with van der Waals surface area (Å²) in [6.45, 7) is 1.08. The van der Waals surface area contributed by atoms with Crippen molar-refractivity contribution in [3.63, 3.8) is 0 Å². The van der Waals surface area contributed by atoms with E-state index in [0.29, 0.717) is 25.4 Å². The smallest absolute Gasteiger partial charge is 0.303 e. The summed E-state index contributed by atoms with van der Waals surface area (Å²) in [4.78, 5) is 17.9. The minimum absolute atomic E-state index is 0.0692. The molecule has 1 aromatic carbocycles. The molecule has 0 saturated heterocycles. The molecule has 0 amide bonds. The Bertz CT molecular complexity index is 636. The molecule has 2 aromatic rings. The van der Waals surface area contributed by atoms with E-state index in [1.165, 1.54) is 0 Å². The molecule has 1 aliphatic heterocycles. The van der Waals surface area contributed by atoms with Crippen molar-refractivity contribution in [3.8, 4) is 22.8 Å². The zero-order valence-electron chi connectivity index (χ0n) is 10.8. The van der Waals surface area contributed by atoms with E-state index in [0.717, 1.165) is 22.7 Å². The minimum Gasteiger partial charge on any atom is -0.486 e. The largest absolute Gasteiger partial charge is 0.486 e. The van der Waals surface area contributed by atoms with E-state index in [9.17, 15) is 4.79 Å². The fourth-order valence-electron chi connectivity index (χ4n) is 2.18. The number of aromatic amines is 1. The third-order valence-electron chi connectivity index (χ3n) is 3.12. The number of carboxylic acids is 1. The van der Waals surface area contributed by atoms with Crippen LogP contribution in [0.2, 0.25) is 0 Å². The van der Waals surface area contributed by atoms with Crippen LogP contribution in [0.5, 0.6) is 11.5 Å².